The molecule has 1 heterocycles. The van der Waals surface area contributed by atoms with Crippen molar-refractivity contribution in [3.8, 4) is 23.0 Å². The summed E-state index contributed by atoms with van der Waals surface area (Å²) in [4.78, 5) is 14.9. The molecule has 3 rings (SSSR count). The average molecular weight is 369 g/mol. The van der Waals surface area contributed by atoms with Gasteiger partial charge in [0.1, 0.15) is 23.0 Å². The van der Waals surface area contributed by atoms with E-state index >= 15 is 0 Å². The van der Waals surface area contributed by atoms with Crippen molar-refractivity contribution in [1.29, 1.82) is 0 Å². The molecule has 0 bridgehead atoms. The number of fused-ring (bicyclic) bond motifs is 1. The van der Waals surface area contributed by atoms with Crippen LogP contribution in [0.25, 0.3) is 6.08 Å². The summed E-state index contributed by atoms with van der Waals surface area (Å²) in [5, 5.41) is 10.3. The highest BCUT2D eigenvalue weighted by Gasteiger charge is 2.33. The van der Waals surface area contributed by atoms with Crippen LogP contribution in [0.3, 0.4) is 0 Å². The van der Waals surface area contributed by atoms with Crippen molar-refractivity contribution in [3.05, 3.63) is 52.3 Å². The van der Waals surface area contributed by atoms with Crippen LogP contribution in [0.5, 0.6) is 23.0 Å². The third-order valence-electron chi connectivity index (χ3n) is 4.42. The Labute approximate surface area is 158 Å². The fraction of sp³-hybridized carbons (Fsp3) is 0.286. The summed E-state index contributed by atoms with van der Waals surface area (Å²) in [6.07, 6.45) is 1.64. The topological polar surface area (TPSA) is 68.2 Å². The lowest BCUT2D eigenvalue weighted by molar-refractivity contribution is 0.101. The number of hydrogen-bond acceptors (Lipinski definition) is 6. The molecule has 2 aromatic rings. The van der Waals surface area contributed by atoms with Crippen molar-refractivity contribution >= 4 is 11.9 Å². The van der Waals surface area contributed by atoms with Gasteiger partial charge >= 0.3 is 0 Å². The van der Waals surface area contributed by atoms with Gasteiger partial charge in [-0.1, -0.05) is 0 Å². The molecule has 0 aliphatic carbocycles. The van der Waals surface area contributed by atoms with Gasteiger partial charge in [0.25, 0.3) is 0 Å². The summed E-state index contributed by atoms with van der Waals surface area (Å²) in [6.45, 7) is 2.24. The number of ketones is 1. The van der Waals surface area contributed by atoms with Crippen LogP contribution < -0.4 is 14.2 Å². The molecular weight excluding hydrogens is 346 g/mol. The molecule has 0 unspecified atom stereocenters. The predicted molar refractivity (Wildman–Crippen MR) is 103 cm³/mol. The maximum absolute atomic E-state index is 13.0. The highest BCUT2D eigenvalue weighted by molar-refractivity contribution is 6.16. The van der Waals surface area contributed by atoms with Gasteiger partial charge in [-0.3, -0.25) is 4.79 Å². The zero-order valence-corrected chi connectivity index (χ0v) is 16.1. The van der Waals surface area contributed by atoms with Crippen molar-refractivity contribution in [1.82, 2.24) is 4.90 Å². The predicted octanol–water partition coefficient (Wildman–Crippen LogP) is 3.40. The fourth-order valence-electron chi connectivity index (χ4n) is 3.14. The lowest BCUT2D eigenvalue weighted by Crippen LogP contribution is -2.12. The standard InChI is InChI=1S/C21H23NO5/c1-12-8-16(23)15(11-22(2)3)21-19(12)20(24)18(27-21)10-13-9-14(25-4)6-7-17(13)26-5/h6-10,23H,11H2,1-5H3/b18-10-. The second kappa shape index (κ2) is 7.32. The average Bonchev–Trinajstić information content (AvgIpc) is 2.95. The lowest BCUT2D eigenvalue weighted by Gasteiger charge is -2.15. The van der Waals surface area contributed by atoms with Gasteiger partial charge < -0.3 is 24.2 Å². The Morgan fingerprint density at radius 1 is 1.19 bits per heavy atom. The minimum Gasteiger partial charge on any atom is -0.507 e. The second-order valence-corrected chi connectivity index (χ2v) is 6.68. The SMILES string of the molecule is COc1ccc(OC)c(/C=C2\Oc3c(CN(C)C)c(O)cc(C)c3C2=O)c1. The Morgan fingerprint density at radius 2 is 1.93 bits per heavy atom. The first-order chi connectivity index (χ1) is 12.8. The first-order valence-corrected chi connectivity index (χ1v) is 8.52. The monoisotopic (exact) mass is 369 g/mol. The van der Waals surface area contributed by atoms with Gasteiger partial charge in [0, 0.05) is 12.1 Å². The van der Waals surface area contributed by atoms with E-state index in [2.05, 4.69) is 0 Å². The summed E-state index contributed by atoms with van der Waals surface area (Å²) in [5.41, 5.74) is 2.42. The minimum absolute atomic E-state index is 0.118. The van der Waals surface area contributed by atoms with Gasteiger partial charge in [-0.2, -0.15) is 0 Å². The highest BCUT2D eigenvalue weighted by atomic mass is 16.5. The Bertz CT molecular complexity index is 931. The molecule has 2 aromatic carbocycles. The van der Waals surface area contributed by atoms with Crippen LogP contribution in [-0.2, 0) is 6.54 Å². The molecule has 0 saturated heterocycles. The molecule has 0 aromatic heterocycles. The first-order valence-electron chi connectivity index (χ1n) is 8.52. The maximum Gasteiger partial charge on any atom is 0.232 e. The van der Waals surface area contributed by atoms with E-state index in [0.29, 0.717) is 46.0 Å². The Balaban J connectivity index is 2.10. The zero-order chi connectivity index (χ0) is 19.7. The molecule has 1 N–H and O–H groups in total. The molecule has 142 valence electrons. The number of nitrogens with zero attached hydrogens (tertiary/aromatic N) is 1. The van der Waals surface area contributed by atoms with Gasteiger partial charge in [-0.05, 0) is 56.9 Å². The quantitative estimate of drug-likeness (QED) is 0.815. The number of Topliss-reactive ketones (excluding diaryl/α,β-unsaturated/α-hetero) is 1. The number of carbonyl (C=O) groups is 1. The van der Waals surface area contributed by atoms with Gasteiger partial charge in [-0.15, -0.1) is 0 Å². The lowest BCUT2D eigenvalue weighted by atomic mass is 9.99. The second-order valence-electron chi connectivity index (χ2n) is 6.68. The number of benzene rings is 2. The number of carbonyl (C=O) groups excluding carboxylic acids is 1. The number of ether oxygens (including phenoxy) is 3. The van der Waals surface area contributed by atoms with Crippen molar-refractivity contribution in [2.45, 2.75) is 13.5 Å². The van der Waals surface area contributed by atoms with Crippen LogP contribution in [-0.4, -0.2) is 44.1 Å². The van der Waals surface area contributed by atoms with Crippen molar-refractivity contribution < 1.29 is 24.1 Å². The van der Waals surface area contributed by atoms with Gasteiger partial charge in [0.2, 0.25) is 5.78 Å². The van der Waals surface area contributed by atoms with Crippen LogP contribution in [0.4, 0.5) is 0 Å². The molecule has 0 amide bonds. The van der Waals surface area contributed by atoms with E-state index in [-0.39, 0.29) is 17.3 Å². The normalized spacial score (nSPS) is 14.4. The molecular formula is C21H23NO5. The van der Waals surface area contributed by atoms with E-state index in [4.69, 9.17) is 14.2 Å². The summed E-state index contributed by atoms with van der Waals surface area (Å²) in [7, 11) is 6.92. The highest BCUT2D eigenvalue weighted by Crippen LogP contribution is 2.42. The Kier molecular flexibility index (Phi) is 5.10. The maximum atomic E-state index is 13.0. The number of phenols is 1. The van der Waals surface area contributed by atoms with Gasteiger partial charge in [0.15, 0.2) is 5.76 Å². The summed E-state index contributed by atoms with van der Waals surface area (Å²) >= 11 is 0. The number of rotatable bonds is 5. The van der Waals surface area contributed by atoms with Gasteiger partial charge in [0.05, 0.1) is 25.3 Å². The zero-order valence-electron chi connectivity index (χ0n) is 16.1. The van der Waals surface area contributed by atoms with Crippen molar-refractivity contribution in [2.24, 2.45) is 0 Å². The van der Waals surface area contributed by atoms with Crippen LogP contribution in [0.2, 0.25) is 0 Å². The summed E-state index contributed by atoms with van der Waals surface area (Å²) in [5.74, 6) is 1.75. The number of phenolic OH excluding ortho intramolecular Hbond substituents is 1. The minimum atomic E-state index is -0.215. The molecule has 6 heteroatoms. The van der Waals surface area contributed by atoms with Gasteiger partial charge in [-0.25, -0.2) is 0 Å². The Morgan fingerprint density at radius 3 is 2.56 bits per heavy atom. The number of aryl methyl sites for hydroxylation is 1. The van der Waals surface area contributed by atoms with Crippen LogP contribution >= 0.6 is 0 Å². The Hall–Kier alpha value is -2.99. The molecule has 0 atom stereocenters. The van der Waals surface area contributed by atoms with E-state index in [9.17, 15) is 9.90 Å². The number of methoxy groups -OCH3 is 2. The number of aromatic hydroxyl groups is 1. The molecule has 1 aliphatic rings. The third kappa shape index (κ3) is 3.48. The molecule has 0 spiro atoms. The first kappa shape index (κ1) is 18.8. The molecule has 6 nitrogen and oxygen atoms in total. The molecule has 1 aliphatic heterocycles. The summed E-state index contributed by atoms with van der Waals surface area (Å²) in [6, 6.07) is 6.93. The smallest absolute Gasteiger partial charge is 0.232 e. The third-order valence-corrected chi connectivity index (χ3v) is 4.42. The summed E-state index contributed by atoms with van der Waals surface area (Å²) < 4.78 is 16.5. The molecule has 0 saturated carbocycles. The number of hydrogen-bond donors (Lipinski definition) is 1. The molecule has 0 fully saturated rings. The van der Waals surface area contributed by atoms with Crippen molar-refractivity contribution in [3.63, 3.8) is 0 Å². The van der Waals surface area contributed by atoms with E-state index in [1.807, 2.05) is 19.0 Å². The molecule has 0 radical (unpaired) electrons. The number of allylic oxidation sites excluding steroid dienone is 1. The van der Waals surface area contributed by atoms with E-state index in [1.54, 1.807) is 51.5 Å². The van der Waals surface area contributed by atoms with E-state index in [1.165, 1.54) is 0 Å². The van der Waals surface area contributed by atoms with E-state index < -0.39 is 0 Å². The van der Waals surface area contributed by atoms with Crippen LogP contribution in [0.1, 0.15) is 27.0 Å². The largest absolute Gasteiger partial charge is 0.507 e. The van der Waals surface area contributed by atoms with Crippen LogP contribution in [0, 0.1) is 6.92 Å². The fourth-order valence-corrected chi connectivity index (χ4v) is 3.14. The van der Waals surface area contributed by atoms with E-state index in [0.717, 1.165) is 0 Å². The van der Waals surface area contributed by atoms with Crippen LogP contribution in [0.15, 0.2) is 30.0 Å². The molecule has 27 heavy (non-hydrogen) atoms. The van der Waals surface area contributed by atoms with Crippen molar-refractivity contribution in [2.75, 3.05) is 28.3 Å².